The maximum Gasteiger partial charge on any atom is 0.126 e. The summed E-state index contributed by atoms with van der Waals surface area (Å²) in [7, 11) is 0. The molecule has 2 nitrogen and oxygen atoms in total. The SMILES string of the molecule is Cl.Nc1cc(F)cc(S)c1N.[HH]. The normalized spacial score (nSPS) is 8.91. The minimum Gasteiger partial charge on any atom is -0.397 e. The summed E-state index contributed by atoms with van der Waals surface area (Å²) in [4.78, 5) is 0.373. The molecule has 0 aliphatic rings. The standard InChI is InChI=1S/C6H7FN2S.ClH.H2/c7-3-1-4(8)6(9)5(10)2-3;;/h1-2,10H,8-9H2;2*1H. The highest BCUT2D eigenvalue weighted by atomic mass is 35.5. The summed E-state index contributed by atoms with van der Waals surface area (Å²) >= 11 is 3.89. The zero-order valence-corrected chi connectivity index (χ0v) is 7.25. The van der Waals surface area contributed by atoms with Crippen molar-refractivity contribution in [2.45, 2.75) is 4.90 Å². The number of halogens is 2. The molecule has 64 valence electrons. The highest BCUT2D eigenvalue weighted by molar-refractivity contribution is 7.80. The van der Waals surface area contributed by atoms with Crippen LogP contribution in [-0.4, -0.2) is 0 Å². The summed E-state index contributed by atoms with van der Waals surface area (Å²) in [6.45, 7) is 0. The van der Waals surface area contributed by atoms with Crippen molar-refractivity contribution >= 4 is 36.4 Å². The van der Waals surface area contributed by atoms with Gasteiger partial charge in [-0.25, -0.2) is 4.39 Å². The zero-order valence-electron chi connectivity index (χ0n) is 5.54. The van der Waals surface area contributed by atoms with E-state index in [0.717, 1.165) is 6.07 Å². The first-order valence-electron chi connectivity index (χ1n) is 2.64. The molecule has 0 saturated carbocycles. The first kappa shape index (κ1) is 10.4. The Labute approximate surface area is 77.1 Å². The molecule has 0 bridgehead atoms. The zero-order chi connectivity index (χ0) is 7.72. The molecule has 1 aromatic rings. The summed E-state index contributed by atoms with van der Waals surface area (Å²) in [5.41, 5.74) is 11.2. The highest BCUT2D eigenvalue weighted by Gasteiger charge is 2.00. The topological polar surface area (TPSA) is 52.0 Å². The molecule has 0 amide bonds. The third-order valence-electron chi connectivity index (χ3n) is 1.15. The van der Waals surface area contributed by atoms with Crippen molar-refractivity contribution < 1.29 is 5.82 Å². The fraction of sp³-hybridized carbons (Fsp3) is 0. The minimum absolute atomic E-state index is 0. The second kappa shape index (κ2) is 3.69. The van der Waals surface area contributed by atoms with Crippen LogP contribution in [0.5, 0.6) is 0 Å². The van der Waals surface area contributed by atoms with Gasteiger partial charge in [0.1, 0.15) is 5.82 Å². The summed E-state index contributed by atoms with van der Waals surface area (Å²) in [6.07, 6.45) is 0. The van der Waals surface area contributed by atoms with E-state index in [4.69, 9.17) is 11.5 Å². The van der Waals surface area contributed by atoms with Gasteiger partial charge in [0.25, 0.3) is 0 Å². The molecule has 0 aromatic heterocycles. The number of thiol groups is 1. The van der Waals surface area contributed by atoms with E-state index in [0.29, 0.717) is 10.6 Å². The molecule has 11 heavy (non-hydrogen) atoms. The number of benzene rings is 1. The molecule has 0 fully saturated rings. The molecule has 0 heterocycles. The molecule has 0 saturated heterocycles. The van der Waals surface area contributed by atoms with Gasteiger partial charge in [0.2, 0.25) is 0 Å². The Morgan fingerprint density at radius 2 is 1.91 bits per heavy atom. The maximum atomic E-state index is 12.4. The smallest absolute Gasteiger partial charge is 0.126 e. The van der Waals surface area contributed by atoms with E-state index in [9.17, 15) is 4.39 Å². The number of hydrogen-bond acceptors (Lipinski definition) is 3. The van der Waals surface area contributed by atoms with E-state index in [-0.39, 0.29) is 19.5 Å². The molecule has 0 radical (unpaired) electrons. The van der Waals surface area contributed by atoms with Crippen molar-refractivity contribution in [1.82, 2.24) is 0 Å². The quantitative estimate of drug-likeness (QED) is 0.439. The maximum absolute atomic E-state index is 12.4. The Morgan fingerprint density at radius 1 is 1.36 bits per heavy atom. The van der Waals surface area contributed by atoms with Crippen LogP contribution < -0.4 is 11.5 Å². The molecular formula is C6H10ClFN2S. The number of nitrogens with two attached hydrogens (primary N) is 2. The van der Waals surface area contributed by atoms with Crippen LogP contribution in [0.3, 0.4) is 0 Å². The molecule has 4 N–H and O–H groups in total. The Hall–Kier alpha value is -0.610. The summed E-state index contributed by atoms with van der Waals surface area (Å²) < 4.78 is 12.4. The molecule has 0 spiro atoms. The van der Waals surface area contributed by atoms with Crippen molar-refractivity contribution in [3.05, 3.63) is 17.9 Å². The van der Waals surface area contributed by atoms with Crippen LogP contribution >= 0.6 is 25.0 Å². The van der Waals surface area contributed by atoms with E-state index < -0.39 is 5.82 Å². The van der Waals surface area contributed by atoms with Crippen LogP contribution in [0.15, 0.2) is 17.0 Å². The van der Waals surface area contributed by atoms with Crippen LogP contribution in [0.1, 0.15) is 1.43 Å². The average Bonchev–Trinajstić information content (AvgIpc) is 1.82. The van der Waals surface area contributed by atoms with Gasteiger partial charge in [0, 0.05) is 6.32 Å². The Morgan fingerprint density at radius 3 is 2.36 bits per heavy atom. The van der Waals surface area contributed by atoms with Crippen LogP contribution in [-0.2, 0) is 0 Å². The van der Waals surface area contributed by atoms with E-state index in [1.165, 1.54) is 6.07 Å². The van der Waals surface area contributed by atoms with Gasteiger partial charge in [-0.1, -0.05) is 0 Å². The minimum atomic E-state index is -0.420. The Balaban J connectivity index is 0. The van der Waals surface area contributed by atoms with Gasteiger partial charge < -0.3 is 11.5 Å². The van der Waals surface area contributed by atoms with E-state index in [2.05, 4.69) is 12.6 Å². The van der Waals surface area contributed by atoms with Crippen molar-refractivity contribution in [2.24, 2.45) is 0 Å². The Bertz CT molecular complexity index is 249. The molecule has 5 heteroatoms. The van der Waals surface area contributed by atoms with E-state index >= 15 is 0 Å². The molecule has 0 aliphatic carbocycles. The summed E-state index contributed by atoms with van der Waals surface area (Å²) in [5, 5.41) is 0. The highest BCUT2D eigenvalue weighted by Crippen LogP contribution is 2.24. The van der Waals surface area contributed by atoms with Gasteiger partial charge in [-0.05, 0) is 12.1 Å². The van der Waals surface area contributed by atoms with Gasteiger partial charge >= 0.3 is 0 Å². The molecule has 0 unspecified atom stereocenters. The molecule has 1 aromatic carbocycles. The van der Waals surface area contributed by atoms with Gasteiger partial charge in [-0.3, -0.25) is 0 Å². The molecular weight excluding hydrogens is 187 g/mol. The van der Waals surface area contributed by atoms with Gasteiger partial charge in [0.15, 0.2) is 0 Å². The Kier molecular flexibility index (Phi) is 3.48. The summed E-state index contributed by atoms with van der Waals surface area (Å²) in [6, 6.07) is 2.38. The van der Waals surface area contributed by atoms with Crippen LogP contribution in [0, 0.1) is 5.82 Å². The van der Waals surface area contributed by atoms with Gasteiger partial charge in [-0.15, -0.1) is 25.0 Å². The van der Waals surface area contributed by atoms with Crippen molar-refractivity contribution in [3.8, 4) is 0 Å². The predicted octanol–water partition coefficient (Wildman–Crippen LogP) is 1.95. The van der Waals surface area contributed by atoms with Crippen LogP contribution in [0.2, 0.25) is 0 Å². The summed E-state index contributed by atoms with van der Waals surface area (Å²) in [5.74, 6) is -0.420. The lowest BCUT2D eigenvalue weighted by Crippen LogP contribution is -1.96. The largest absolute Gasteiger partial charge is 0.397 e. The number of nitrogen functional groups attached to an aromatic ring is 2. The van der Waals surface area contributed by atoms with Gasteiger partial charge in [-0.2, -0.15) is 0 Å². The van der Waals surface area contributed by atoms with Crippen molar-refractivity contribution in [3.63, 3.8) is 0 Å². The molecule has 0 aliphatic heterocycles. The number of rotatable bonds is 0. The molecule has 0 atom stereocenters. The lowest BCUT2D eigenvalue weighted by molar-refractivity contribution is 0.625. The predicted molar refractivity (Wildman–Crippen MR) is 51.8 cm³/mol. The monoisotopic (exact) mass is 196 g/mol. The van der Waals surface area contributed by atoms with Crippen molar-refractivity contribution in [1.29, 1.82) is 0 Å². The lowest BCUT2D eigenvalue weighted by atomic mass is 10.3. The number of hydrogen-bond donors (Lipinski definition) is 3. The number of anilines is 2. The molecule has 1 rings (SSSR count). The van der Waals surface area contributed by atoms with Crippen LogP contribution in [0.4, 0.5) is 15.8 Å². The lowest BCUT2D eigenvalue weighted by Gasteiger charge is -2.01. The van der Waals surface area contributed by atoms with Crippen molar-refractivity contribution in [2.75, 3.05) is 11.5 Å². The first-order valence-corrected chi connectivity index (χ1v) is 3.09. The fourth-order valence-electron chi connectivity index (χ4n) is 0.624. The van der Waals surface area contributed by atoms with Gasteiger partial charge in [0.05, 0.1) is 11.4 Å². The van der Waals surface area contributed by atoms with E-state index in [1.54, 1.807) is 0 Å². The second-order valence-corrected chi connectivity index (χ2v) is 2.41. The van der Waals surface area contributed by atoms with E-state index in [1.807, 2.05) is 0 Å². The average molecular weight is 197 g/mol. The fourth-order valence-corrected chi connectivity index (χ4v) is 0.877. The third-order valence-corrected chi connectivity index (χ3v) is 1.52. The second-order valence-electron chi connectivity index (χ2n) is 1.93. The third kappa shape index (κ3) is 2.17. The van der Waals surface area contributed by atoms with Crippen LogP contribution in [0.25, 0.3) is 0 Å². The first-order chi connectivity index (χ1) is 4.61.